The summed E-state index contributed by atoms with van der Waals surface area (Å²) in [5.74, 6) is -0.964. The monoisotopic (exact) mass is 415 g/mol. The molecule has 0 aliphatic carbocycles. The average molecular weight is 415 g/mol. The van der Waals surface area contributed by atoms with E-state index < -0.39 is 15.8 Å². The maximum atomic E-state index is 13.3. The van der Waals surface area contributed by atoms with Gasteiger partial charge in [0.1, 0.15) is 5.82 Å². The molecule has 1 amide bonds. The lowest BCUT2D eigenvalue weighted by molar-refractivity contribution is 0.0945. The van der Waals surface area contributed by atoms with Crippen molar-refractivity contribution < 1.29 is 17.6 Å². The van der Waals surface area contributed by atoms with Gasteiger partial charge in [-0.3, -0.25) is 4.79 Å². The van der Waals surface area contributed by atoms with Crippen molar-refractivity contribution in [3.8, 4) is 0 Å². The minimum Gasteiger partial charge on any atom is -0.347 e. The van der Waals surface area contributed by atoms with E-state index in [1.165, 1.54) is 33.4 Å². The van der Waals surface area contributed by atoms with Gasteiger partial charge in [0.25, 0.3) is 5.91 Å². The van der Waals surface area contributed by atoms with Crippen LogP contribution >= 0.6 is 0 Å². The van der Waals surface area contributed by atoms with Crippen LogP contribution in [0.3, 0.4) is 0 Å². The van der Waals surface area contributed by atoms with Crippen molar-refractivity contribution in [3.63, 3.8) is 0 Å². The first-order valence-electron chi connectivity index (χ1n) is 8.93. The van der Waals surface area contributed by atoms with Gasteiger partial charge in [0, 0.05) is 19.6 Å². The number of nitrogens with one attached hydrogen (secondary N) is 1. The Bertz CT molecular complexity index is 1130. The molecule has 1 aliphatic heterocycles. The first-order valence-corrected chi connectivity index (χ1v) is 10.4. The lowest BCUT2D eigenvalue weighted by Crippen LogP contribution is -2.50. The van der Waals surface area contributed by atoms with E-state index in [1.807, 2.05) is 30.3 Å². The second-order valence-corrected chi connectivity index (χ2v) is 8.62. The van der Waals surface area contributed by atoms with E-state index in [4.69, 9.17) is 0 Å². The molecule has 4 rings (SSSR count). The molecule has 1 fully saturated rings. The van der Waals surface area contributed by atoms with E-state index in [2.05, 4.69) is 15.6 Å². The van der Waals surface area contributed by atoms with Crippen molar-refractivity contribution in [2.75, 3.05) is 13.1 Å². The molecule has 2 heterocycles. The van der Waals surface area contributed by atoms with E-state index in [0.717, 1.165) is 11.6 Å². The van der Waals surface area contributed by atoms with E-state index in [9.17, 15) is 17.6 Å². The fourth-order valence-corrected chi connectivity index (χ4v) is 4.53. The van der Waals surface area contributed by atoms with Gasteiger partial charge in [-0.1, -0.05) is 41.6 Å². The Labute approximate surface area is 167 Å². The predicted octanol–water partition coefficient (Wildman–Crippen LogP) is 1.59. The van der Waals surface area contributed by atoms with Gasteiger partial charge in [-0.05, 0) is 23.8 Å². The number of hydrogen-bond donors (Lipinski definition) is 1. The van der Waals surface area contributed by atoms with Crippen LogP contribution in [0, 0.1) is 5.82 Å². The second kappa shape index (κ2) is 7.72. The lowest BCUT2D eigenvalue weighted by Gasteiger charge is -2.37. The largest absolute Gasteiger partial charge is 0.347 e. The quantitative estimate of drug-likeness (QED) is 0.660. The number of nitrogens with zero attached hydrogens (tertiary/aromatic N) is 4. The van der Waals surface area contributed by atoms with Crippen LogP contribution in [0.2, 0.25) is 0 Å². The molecule has 10 heteroatoms. The van der Waals surface area contributed by atoms with Crippen LogP contribution in [-0.2, 0) is 16.6 Å². The van der Waals surface area contributed by atoms with E-state index in [-0.39, 0.29) is 35.6 Å². The molecule has 1 saturated heterocycles. The molecule has 3 aromatic rings. The van der Waals surface area contributed by atoms with Crippen LogP contribution in [0.5, 0.6) is 0 Å². The summed E-state index contributed by atoms with van der Waals surface area (Å²) in [6, 6.07) is 14.1. The molecule has 0 atom stereocenters. The molecule has 8 nitrogen and oxygen atoms in total. The van der Waals surface area contributed by atoms with Crippen molar-refractivity contribution in [1.82, 2.24) is 24.6 Å². The molecule has 0 bridgehead atoms. The zero-order chi connectivity index (χ0) is 20.4. The molecular formula is C19H18FN5O3S. The Morgan fingerprint density at radius 3 is 2.62 bits per heavy atom. The zero-order valence-electron chi connectivity index (χ0n) is 15.3. The number of sulfonamides is 1. The summed E-state index contributed by atoms with van der Waals surface area (Å²) < 4.78 is 41.1. The fourth-order valence-electron chi connectivity index (χ4n) is 2.98. The van der Waals surface area contributed by atoms with Crippen LogP contribution in [0.4, 0.5) is 4.39 Å². The molecule has 0 spiro atoms. The minimum absolute atomic E-state index is 0.0875. The molecule has 0 radical (unpaired) electrons. The minimum atomic E-state index is -3.76. The third-order valence-corrected chi connectivity index (χ3v) is 6.50. The van der Waals surface area contributed by atoms with Gasteiger partial charge in [0.2, 0.25) is 10.0 Å². The Hall–Kier alpha value is -3.11. The summed E-state index contributed by atoms with van der Waals surface area (Å²) in [7, 11) is -3.76. The van der Waals surface area contributed by atoms with Gasteiger partial charge in [-0.25, -0.2) is 17.5 Å². The highest BCUT2D eigenvalue weighted by Crippen LogP contribution is 2.28. The van der Waals surface area contributed by atoms with Crippen molar-refractivity contribution in [1.29, 1.82) is 0 Å². The Kier molecular flexibility index (Phi) is 5.12. The number of carbonyl (C=O) groups is 1. The number of benzene rings is 2. The maximum absolute atomic E-state index is 13.3. The zero-order valence-corrected chi connectivity index (χ0v) is 16.1. The lowest BCUT2D eigenvalue weighted by atomic mass is 10.2. The summed E-state index contributed by atoms with van der Waals surface area (Å²) >= 11 is 0. The highest BCUT2D eigenvalue weighted by atomic mass is 32.2. The number of carbonyl (C=O) groups excluding carboxylic acids is 1. The molecule has 0 unspecified atom stereocenters. The van der Waals surface area contributed by atoms with Crippen LogP contribution in [-0.4, -0.2) is 46.7 Å². The maximum Gasteiger partial charge on any atom is 0.273 e. The molecule has 29 heavy (non-hydrogen) atoms. The second-order valence-electron chi connectivity index (χ2n) is 6.69. The number of hydrogen-bond acceptors (Lipinski definition) is 5. The van der Waals surface area contributed by atoms with Gasteiger partial charge < -0.3 is 5.32 Å². The van der Waals surface area contributed by atoms with Crippen LogP contribution in [0.1, 0.15) is 22.1 Å². The summed E-state index contributed by atoms with van der Waals surface area (Å²) in [6.45, 7) is 0.718. The SMILES string of the molecule is O=C(NCc1ccccc1)c1cn(C2CN(S(=O)(=O)c3cccc(F)c3)C2)nn1. The van der Waals surface area contributed by atoms with Crippen molar-refractivity contribution in [3.05, 3.63) is 77.9 Å². The fraction of sp³-hybridized carbons (Fsp3) is 0.211. The third-order valence-electron chi connectivity index (χ3n) is 4.68. The molecule has 1 N–H and O–H groups in total. The normalized spacial score (nSPS) is 15.1. The summed E-state index contributed by atoms with van der Waals surface area (Å²) in [5.41, 5.74) is 1.12. The smallest absolute Gasteiger partial charge is 0.273 e. The molecule has 1 aliphatic rings. The Morgan fingerprint density at radius 2 is 1.90 bits per heavy atom. The number of aromatic nitrogens is 3. The van der Waals surface area contributed by atoms with Gasteiger partial charge in [0.05, 0.1) is 17.1 Å². The summed E-state index contributed by atoms with van der Waals surface area (Å²) in [4.78, 5) is 12.1. The third kappa shape index (κ3) is 4.03. The predicted molar refractivity (Wildman–Crippen MR) is 102 cm³/mol. The van der Waals surface area contributed by atoms with Crippen molar-refractivity contribution >= 4 is 15.9 Å². The standard InChI is InChI=1S/C19H18FN5O3S/c20-15-7-4-8-17(9-15)29(27,28)24-11-16(12-24)25-13-18(22-23-25)19(26)21-10-14-5-2-1-3-6-14/h1-9,13,16H,10-12H2,(H,21,26). The van der Waals surface area contributed by atoms with Gasteiger partial charge in [0.15, 0.2) is 5.69 Å². The number of rotatable bonds is 6. The van der Waals surface area contributed by atoms with Crippen LogP contribution in [0.15, 0.2) is 65.7 Å². The first kappa shape index (κ1) is 19.2. The Balaban J connectivity index is 1.36. The first-order chi connectivity index (χ1) is 13.9. The summed E-state index contributed by atoms with van der Waals surface area (Å²) in [6.07, 6.45) is 1.50. The van der Waals surface area contributed by atoms with Gasteiger partial charge in [-0.2, -0.15) is 4.31 Å². The Morgan fingerprint density at radius 1 is 1.14 bits per heavy atom. The van der Waals surface area contributed by atoms with Crippen molar-refractivity contribution in [2.24, 2.45) is 0 Å². The van der Waals surface area contributed by atoms with Crippen molar-refractivity contribution in [2.45, 2.75) is 17.5 Å². The summed E-state index contributed by atoms with van der Waals surface area (Å²) in [5, 5.41) is 10.6. The topological polar surface area (TPSA) is 97.2 Å². The molecular weight excluding hydrogens is 397 g/mol. The highest BCUT2D eigenvalue weighted by Gasteiger charge is 2.38. The average Bonchev–Trinajstić information content (AvgIpc) is 3.15. The highest BCUT2D eigenvalue weighted by molar-refractivity contribution is 7.89. The van der Waals surface area contributed by atoms with E-state index >= 15 is 0 Å². The molecule has 150 valence electrons. The van der Waals surface area contributed by atoms with E-state index in [1.54, 1.807) is 0 Å². The van der Waals surface area contributed by atoms with Crippen LogP contribution in [0.25, 0.3) is 0 Å². The van der Waals surface area contributed by atoms with Gasteiger partial charge >= 0.3 is 0 Å². The van der Waals surface area contributed by atoms with E-state index in [0.29, 0.717) is 6.54 Å². The molecule has 1 aromatic heterocycles. The van der Waals surface area contributed by atoms with Crippen LogP contribution < -0.4 is 5.32 Å². The number of halogens is 1. The van der Waals surface area contributed by atoms with Gasteiger partial charge in [-0.15, -0.1) is 5.10 Å². The molecule has 0 saturated carbocycles. The number of amides is 1. The molecule has 2 aromatic carbocycles.